The molecule has 1 saturated heterocycles. The number of aryl methyl sites for hydroxylation is 1. The van der Waals surface area contributed by atoms with Crippen molar-refractivity contribution in [2.45, 2.75) is 32.2 Å². The lowest BCUT2D eigenvalue weighted by atomic mass is 10.0. The van der Waals surface area contributed by atoms with Gasteiger partial charge in [-0.25, -0.2) is 0 Å². The molecule has 20 heavy (non-hydrogen) atoms. The first kappa shape index (κ1) is 16.5. The Morgan fingerprint density at radius 1 is 1.35 bits per heavy atom. The van der Waals surface area contributed by atoms with E-state index in [1.54, 1.807) is 18.2 Å². The van der Waals surface area contributed by atoms with Crippen LogP contribution in [0.5, 0.6) is 0 Å². The molecule has 1 atom stereocenters. The number of halogens is 1. The molecule has 5 nitrogen and oxygen atoms in total. The van der Waals surface area contributed by atoms with Gasteiger partial charge < -0.3 is 16.4 Å². The average molecular weight is 298 g/mol. The van der Waals surface area contributed by atoms with Crippen molar-refractivity contribution in [1.29, 1.82) is 0 Å². The number of carbonyl (C=O) groups is 2. The van der Waals surface area contributed by atoms with Crippen molar-refractivity contribution in [3.63, 3.8) is 0 Å². The van der Waals surface area contributed by atoms with Crippen molar-refractivity contribution in [2.24, 2.45) is 5.73 Å². The first-order valence-electron chi connectivity index (χ1n) is 6.52. The molecule has 110 valence electrons. The molecule has 1 aromatic carbocycles. The zero-order valence-electron chi connectivity index (χ0n) is 11.4. The highest BCUT2D eigenvalue weighted by Crippen LogP contribution is 2.16. The van der Waals surface area contributed by atoms with Crippen LogP contribution in [-0.2, 0) is 4.79 Å². The van der Waals surface area contributed by atoms with Crippen LogP contribution >= 0.6 is 12.4 Å². The van der Waals surface area contributed by atoms with Crippen LogP contribution in [0.15, 0.2) is 18.2 Å². The van der Waals surface area contributed by atoms with Gasteiger partial charge in [-0.1, -0.05) is 12.5 Å². The molecule has 0 spiro atoms. The van der Waals surface area contributed by atoms with Crippen molar-refractivity contribution >= 4 is 29.9 Å². The van der Waals surface area contributed by atoms with Gasteiger partial charge in [-0.3, -0.25) is 9.59 Å². The summed E-state index contributed by atoms with van der Waals surface area (Å²) in [6.45, 7) is 2.69. The van der Waals surface area contributed by atoms with Crippen LogP contribution in [-0.4, -0.2) is 24.4 Å². The van der Waals surface area contributed by atoms with Crippen LogP contribution in [0, 0.1) is 6.92 Å². The fourth-order valence-corrected chi connectivity index (χ4v) is 2.27. The quantitative estimate of drug-likeness (QED) is 0.792. The highest BCUT2D eigenvalue weighted by atomic mass is 35.5. The Kier molecular flexibility index (Phi) is 5.98. The number of hydrogen-bond donors (Lipinski definition) is 3. The van der Waals surface area contributed by atoms with E-state index in [1.165, 1.54) is 0 Å². The van der Waals surface area contributed by atoms with Crippen LogP contribution < -0.4 is 16.4 Å². The summed E-state index contributed by atoms with van der Waals surface area (Å²) in [4.78, 5) is 23.3. The topological polar surface area (TPSA) is 84.2 Å². The summed E-state index contributed by atoms with van der Waals surface area (Å²) in [6, 6.07) is 5.04. The number of nitrogens with two attached hydrogens (primary N) is 1. The van der Waals surface area contributed by atoms with E-state index < -0.39 is 5.91 Å². The standard InChI is InChI=1S/C14H19N3O2.ClH/c1-9-5-6-10(8-11(9)13(15)18)17-14(19)12-4-2-3-7-16-12;/h5-6,8,12,16H,2-4,7H2,1H3,(H2,15,18)(H,17,19);1H. The molecule has 0 radical (unpaired) electrons. The van der Waals surface area contributed by atoms with E-state index >= 15 is 0 Å². The maximum Gasteiger partial charge on any atom is 0.249 e. The van der Waals surface area contributed by atoms with Gasteiger partial charge in [-0.05, 0) is 44.0 Å². The third-order valence-electron chi connectivity index (χ3n) is 3.40. The van der Waals surface area contributed by atoms with Gasteiger partial charge in [0.15, 0.2) is 0 Å². The predicted octanol–water partition coefficient (Wildman–Crippen LogP) is 1.60. The first-order chi connectivity index (χ1) is 9.08. The van der Waals surface area contributed by atoms with Crippen molar-refractivity contribution in [2.75, 3.05) is 11.9 Å². The van der Waals surface area contributed by atoms with Crippen molar-refractivity contribution in [3.05, 3.63) is 29.3 Å². The average Bonchev–Trinajstić information content (AvgIpc) is 2.41. The van der Waals surface area contributed by atoms with E-state index in [0.29, 0.717) is 11.3 Å². The van der Waals surface area contributed by atoms with Gasteiger partial charge >= 0.3 is 0 Å². The number of benzene rings is 1. The van der Waals surface area contributed by atoms with Gasteiger partial charge in [0.2, 0.25) is 11.8 Å². The molecule has 2 rings (SSSR count). The highest BCUT2D eigenvalue weighted by Gasteiger charge is 2.20. The molecule has 1 fully saturated rings. The lowest BCUT2D eigenvalue weighted by molar-refractivity contribution is -0.118. The molecule has 0 aromatic heterocycles. The van der Waals surface area contributed by atoms with Crippen LogP contribution in [0.3, 0.4) is 0 Å². The summed E-state index contributed by atoms with van der Waals surface area (Å²) < 4.78 is 0. The number of amides is 2. The molecule has 2 amide bonds. The normalized spacial score (nSPS) is 17.9. The number of rotatable bonds is 3. The molecular weight excluding hydrogens is 278 g/mol. The second kappa shape index (κ2) is 7.26. The fraction of sp³-hybridized carbons (Fsp3) is 0.429. The second-order valence-corrected chi connectivity index (χ2v) is 4.89. The van der Waals surface area contributed by atoms with E-state index in [1.807, 2.05) is 6.92 Å². The van der Waals surface area contributed by atoms with Gasteiger partial charge in [-0.15, -0.1) is 12.4 Å². The summed E-state index contributed by atoms with van der Waals surface area (Å²) in [6.07, 6.45) is 3.02. The molecule has 4 N–H and O–H groups in total. The third kappa shape index (κ3) is 3.95. The van der Waals surface area contributed by atoms with Crippen LogP contribution in [0.1, 0.15) is 35.2 Å². The summed E-state index contributed by atoms with van der Waals surface area (Å²) in [5.41, 5.74) is 7.15. The number of piperidine rings is 1. The maximum atomic E-state index is 12.0. The number of nitrogens with one attached hydrogen (secondary N) is 2. The van der Waals surface area contributed by atoms with Crippen LogP contribution in [0.2, 0.25) is 0 Å². The van der Waals surface area contributed by atoms with Crippen LogP contribution in [0.4, 0.5) is 5.69 Å². The molecule has 1 unspecified atom stereocenters. The first-order valence-corrected chi connectivity index (χ1v) is 6.52. The Hall–Kier alpha value is -1.59. The molecule has 1 aliphatic rings. The minimum Gasteiger partial charge on any atom is -0.366 e. The van der Waals surface area contributed by atoms with Gasteiger partial charge in [0.25, 0.3) is 0 Å². The van der Waals surface area contributed by atoms with E-state index in [9.17, 15) is 9.59 Å². The molecule has 0 bridgehead atoms. The zero-order chi connectivity index (χ0) is 13.8. The summed E-state index contributed by atoms with van der Waals surface area (Å²) in [5.74, 6) is -0.539. The summed E-state index contributed by atoms with van der Waals surface area (Å²) in [5, 5.41) is 6.01. The predicted molar refractivity (Wildman–Crippen MR) is 81.2 cm³/mol. The molecular formula is C14H20ClN3O2. The fourth-order valence-electron chi connectivity index (χ4n) is 2.27. The lowest BCUT2D eigenvalue weighted by Crippen LogP contribution is -2.43. The SMILES string of the molecule is Cc1ccc(NC(=O)C2CCCCN2)cc1C(N)=O.Cl. The molecule has 0 aliphatic carbocycles. The van der Waals surface area contributed by atoms with Gasteiger partial charge in [0, 0.05) is 11.3 Å². The number of hydrogen-bond acceptors (Lipinski definition) is 3. The zero-order valence-corrected chi connectivity index (χ0v) is 12.3. The summed E-state index contributed by atoms with van der Waals surface area (Å²) >= 11 is 0. The maximum absolute atomic E-state index is 12.0. The largest absolute Gasteiger partial charge is 0.366 e. The Morgan fingerprint density at radius 3 is 2.70 bits per heavy atom. The third-order valence-corrected chi connectivity index (χ3v) is 3.40. The highest BCUT2D eigenvalue weighted by molar-refractivity contribution is 5.98. The second-order valence-electron chi connectivity index (χ2n) is 4.89. The summed E-state index contributed by atoms with van der Waals surface area (Å²) in [7, 11) is 0. The van der Waals surface area contributed by atoms with Gasteiger partial charge in [0.1, 0.15) is 0 Å². The Labute approximate surface area is 124 Å². The Balaban J connectivity index is 0.00000200. The van der Waals surface area contributed by atoms with Crippen molar-refractivity contribution in [3.8, 4) is 0 Å². The molecule has 1 aromatic rings. The van der Waals surface area contributed by atoms with Crippen LogP contribution in [0.25, 0.3) is 0 Å². The van der Waals surface area contributed by atoms with E-state index in [4.69, 9.17) is 5.73 Å². The molecule has 6 heteroatoms. The number of carbonyl (C=O) groups excluding carboxylic acids is 2. The lowest BCUT2D eigenvalue weighted by Gasteiger charge is -2.22. The molecule has 0 saturated carbocycles. The monoisotopic (exact) mass is 297 g/mol. The van der Waals surface area contributed by atoms with Crippen molar-refractivity contribution < 1.29 is 9.59 Å². The van der Waals surface area contributed by atoms with E-state index in [0.717, 1.165) is 31.4 Å². The Morgan fingerprint density at radius 2 is 2.10 bits per heavy atom. The minimum atomic E-state index is -0.482. The van der Waals surface area contributed by atoms with E-state index in [2.05, 4.69) is 10.6 Å². The van der Waals surface area contributed by atoms with Gasteiger partial charge in [-0.2, -0.15) is 0 Å². The van der Waals surface area contributed by atoms with E-state index in [-0.39, 0.29) is 24.4 Å². The minimum absolute atomic E-state index is 0. The molecule has 1 heterocycles. The van der Waals surface area contributed by atoms with Crippen molar-refractivity contribution in [1.82, 2.24) is 5.32 Å². The number of primary amides is 1. The smallest absolute Gasteiger partial charge is 0.249 e. The van der Waals surface area contributed by atoms with Gasteiger partial charge in [0.05, 0.1) is 6.04 Å². The number of anilines is 1. The Bertz CT molecular complexity index is 499. The molecule has 1 aliphatic heterocycles.